The van der Waals surface area contributed by atoms with Crippen LogP contribution in [0.2, 0.25) is 5.02 Å². The molecule has 1 heterocycles. The van der Waals surface area contributed by atoms with Gasteiger partial charge >= 0.3 is 0 Å². The summed E-state index contributed by atoms with van der Waals surface area (Å²) in [5, 5.41) is 4.13. The molecular weight excluding hydrogens is 262 g/mol. The van der Waals surface area contributed by atoms with Crippen molar-refractivity contribution in [1.29, 1.82) is 0 Å². The number of ether oxygens (including phenoxy) is 1. The van der Waals surface area contributed by atoms with E-state index in [1.165, 1.54) is 0 Å². The summed E-state index contributed by atoms with van der Waals surface area (Å²) in [6.45, 7) is 4.84. The van der Waals surface area contributed by atoms with Gasteiger partial charge in [-0.3, -0.25) is 0 Å². The highest BCUT2D eigenvalue weighted by Crippen LogP contribution is 2.33. The fourth-order valence-corrected chi connectivity index (χ4v) is 2.34. The molecule has 3 nitrogen and oxygen atoms in total. The van der Waals surface area contributed by atoms with Crippen LogP contribution in [-0.2, 0) is 0 Å². The average molecular weight is 280 g/mol. The summed E-state index contributed by atoms with van der Waals surface area (Å²) in [6.07, 6.45) is 1.77. The highest BCUT2D eigenvalue weighted by molar-refractivity contribution is 6.30. The average Bonchev–Trinajstić information content (AvgIpc) is 2.82. The Morgan fingerprint density at radius 3 is 2.74 bits per heavy atom. The number of nitrogens with one attached hydrogen (secondary N) is 1. The minimum Gasteiger partial charge on any atom is -0.496 e. The lowest BCUT2D eigenvalue weighted by Gasteiger charge is -2.19. The van der Waals surface area contributed by atoms with Gasteiger partial charge in [0.15, 0.2) is 0 Å². The third-order valence-corrected chi connectivity index (χ3v) is 3.23. The predicted molar refractivity (Wildman–Crippen MR) is 77.0 cm³/mol. The van der Waals surface area contributed by atoms with Crippen LogP contribution in [-0.4, -0.2) is 13.7 Å². The molecule has 0 spiro atoms. The molecule has 1 unspecified atom stereocenters. The van der Waals surface area contributed by atoms with Gasteiger partial charge in [0.05, 0.1) is 19.4 Å². The van der Waals surface area contributed by atoms with Crippen LogP contribution >= 0.6 is 11.6 Å². The van der Waals surface area contributed by atoms with Gasteiger partial charge in [0, 0.05) is 16.1 Å². The van der Waals surface area contributed by atoms with E-state index in [0.29, 0.717) is 5.02 Å². The largest absolute Gasteiger partial charge is 0.496 e. The van der Waals surface area contributed by atoms with E-state index in [0.717, 1.165) is 29.2 Å². The molecule has 0 aliphatic carbocycles. The van der Waals surface area contributed by atoms with Gasteiger partial charge in [0.1, 0.15) is 11.5 Å². The van der Waals surface area contributed by atoms with E-state index in [9.17, 15) is 0 Å². The molecule has 1 N–H and O–H groups in total. The molecule has 0 aliphatic rings. The van der Waals surface area contributed by atoms with Crippen molar-refractivity contribution in [3.05, 3.63) is 52.4 Å². The van der Waals surface area contributed by atoms with Crippen LogP contribution in [0.5, 0.6) is 5.75 Å². The Labute approximate surface area is 118 Å². The fourth-order valence-electron chi connectivity index (χ4n) is 2.16. The number of hydrogen-bond acceptors (Lipinski definition) is 3. The number of furan rings is 1. The minimum absolute atomic E-state index is 0.0103. The zero-order valence-electron chi connectivity index (χ0n) is 11.4. The van der Waals surface area contributed by atoms with Gasteiger partial charge in [0.25, 0.3) is 0 Å². The third kappa shape index (κ3) is 3.11. The Kier molecular flexibility index (Phi) is 4.51. The lowest BCUT2D eigenvalue weighted by Crippen LogP contribution is -2.22. The van der Waals surface area contributed by atoms with Gasteiger partial charge in [-0.25, -0.2) is 0 Å². The van der Waals surface area contributed by atoms with Gasteiger partial charge < -0.3 is 14.5 Å². The van der Waals surface area contributed by atoms with E-state index >= 15 is 0 Å². The Balaban J connectivity index is 2.46. The second-order valence-electron chi connectivity index (χ2n) is 4.37. The second-order valence-corrected chi connectivity index (χ2v) is 4.80. The van der Waals surface area contributed by atoms with Gasteiger partial charge in [-0.1, -0.05) is 18.5 Å². The monoisotopic (exact) mass is 279 g/mol. The second kappa shape index (κ2) is 6.13. The molecule has 1 aromatic carbocycles. The Bertz CT molecular complexity index is 551. The molecule has 0 radical (unpaired) electrons. The van der Waals surface area contributed by atoms with Crippen molar-refractivity contribution in [3.8, 4) is 5.75 Å². The standard InChI is InChI=1S/C15H18ClNO2/c1-4-17-15(11-7-10(2)19-9-11)13-8-12(16)5-6-14(13)18-3/h5-9,15,17H,4H2,1-3H3. The summed E-state index contributed by atoms with van der Waals surface area (Å²) in [5.41, 5.74) is 2.08. The lowest BCUT2D eigenvalue weighted by atomic mass is 10.00. The highest BCUT2D eigenvalue weighted by atomic mass is 35.5. The molecular formula is C15H18ClNO2. The summed E-state index contributed by atoms with van der Waals surface area (Å²) in [7, 11) is 1.66. The fraction of sp³-hybridized carbons (Fsp3) is 0.333. The van der Waals surface area contributed by atoms with Crippen LogP contribution in [0.15, 0.2) is 34.9 Å². The number of halogens is 1. The highest BCUT2D eigenvalue weighted by Gasteiger charge is 2.19. The van der Waals surface area contributed by atoms with Gasteiger partial charge in [-0.15, -0.1) is 0 Å². The molecule has 1 aromatic heterocycles. The first-order chi connectivity index (χ1) is 9.15. The lowest BCUT2D eigenvalue weighted by molar-refractivity contribution is 0.404. The zero-order valence-corrected chi connectivity index (χ0v) is 12.1. The number of methoxy groups -OCH3 is 1. The van der Waals surface area contributed by atoms with Crippen molar-refractivity contribution in [2.45, 2.75) is 19.9 Å². The Morgan fingerprint density at radius 2 is 2.16 bits per heavy atom. The molecule has 4 heteroatoms. The van der Waals surface area contributed by atoms with E-state index in [-0.39, 0.29) is 6.04 Å². The zero-order chi connectivity index (χ0) is 13.8. The Morgan fingerprint density at radius 1 is 1.37 bits per heavy atom. The van der Waals surface area contributed by atoms with Crippen LogP contribution in [0, 0.1) is 6.92 Å². The van der Waals surface area contributed by atoms with E-state index in [1.54, 1.807) is 13.4 Å². The predicted octanol–water partition coefficient (Wildman–Crippen LogP) is 3.95. The number of aryl methyl sites for hydroxylation is 1. The molecule has 0 amide bonds. The first-order valence-corrected chi connectivity index (χ1v) is 6.65. The van der Waals surface area contributed by atoms with Crippen molar-refractivity contribution in [3.63, 3.8) is 0 Å². The van der Waals surface area contributed by atoms with E-state index < -0.39 is 0 Å². The molecule has 19 heavy (non-hydrogen) atoms. The number of hydrogen-bond donors (Lipinski definition) is 1. The molecule has 0 saturated carbocycles. The molecule has 0 saturated heterocycles. The maximum atomic E-state index is 6.10. The molecule has 102 valence electrons. The van der Waals surface area contributed by atoms with Crippen LogP contribution in [0.4, 0.5) is 0 Å². The molecule has 0 bridgehead atoms. The third-order valence-electron chi connectivity index (χ3n) is 3.00. The molecule has 0 aliphatic heterocycles. The van der Waals surface area contributed by atoms with Crippen molar-refractivity contribution in [2.75, 3.05) is 13.7 Å². The maximum Gasteiger partial charge on any atom is 0.124 e. The molecule has 2 aromatic rings. The molecule has 1 atom stereocenters. The number of rotatable bonds is 5. The number of benzene rings is 1. The van der Waals surface area contributed by atoms with Gasteiger partial charge in [-0.05, 0) is 37.7 Å². The van der Waals surface area contributed by atoms with E-state index in [1.807, 2.05) is 31.2 Å². The van der Waals surface area contributed by atoms with Crippen LogP contribution in [0.25, 0.3) is 0 Å². The van der Waals surface area contributed by atoms with E-state index in [4.69, 9.17) is 20.8 Å². The summed E-state index contributed by atoms with van der Waals surface area (Å²) < 4.78 is 10.8. The summed E-state index contributed by atoms with van der Waals surface area (Å²) in [4.78, 5) is 0. The van der Waals surface area contributed by atoms with Gasteiger partial charge in [-0.2, -0.15) is 0 Å². The van der Waals surface area contributed by atoms with Crippen molar-refractivity contribution < 1.29 is 9.15 Å². The van der Waals surface area contributed by atoms with Crippen LogP contribution in [0.3, 0.4) is 0 Å². The van der Waals surface area contributed by atoms with Crippen molar-refractivity contribution in [1.82, 2.24) is 5.32 Å². The van der Waals surface area contributed by atoms with Crippen molar-refractivity contribution >= 4 is 11.6 Å². The molecule has 0 fully saturated rings. The molecule has 2 rings (SSSR count). The topological polar surface area (TPSA) is 34.4 Å². The van der Waals surface area contributed by atoms with E-state index in [2.05, 4.69) is 12.2 Å². The maximum absolute atomic E-state index is 6.10. The van der Waals surface area contributed by atoms with Gasteiger partial charge in [0.2, 0.25) is 0 Å². The summed E-state index contributed by atoms with van der Waals surface area (Å²) in [6, 6.07) is 7.67. The Hall–Kier alpha value is -1.45. The van der Waals surface area contributed by atoms with Crippen LogP contribution in [0.1, 0.15) is 29.9 Å². The minimum atomic E-state index is 0.0103. The van der Waals surface area contributed by atoms with Crippen molar-refractivity contribution in [2.24, 2.45) is 0 Å². The summed E-state index contributed by atoms with van der Waals surface area (Å²) in [5.74, 6) is 1.70. The SMILES string of the molecule is CCNC(c1coc(C)c1)c1cc(Cl)ccc1OC. The quantitative estimate of drug-likeness (QED) is 0.900. The van der Waals surface area contributed by atoms with Crippen LogP contribution < -0.4 is 10.1 Å². The first kappa shape index (κ1) is 14.0. The first-order valence-electron chi connectivity index (χ1n) is 6.27. The smallest absolute Gasteiger partial charge is 0.124 e. The normalized spacial score (nSPS) is 12.4. The summed E-state index contributed by atoms with van der Waals surface area (Å²) >= 11 is 6.10.